The number of nitrogens with one attached hydrogen (secondary N) is 1. The zero-order valence-corrected chi connectivity index (χ0v) is 44.1. The molecule has 368 valence electrons. The minimum Gasteiger partial charge on any atom is -0.871 e. The Kier molecular flexibility index (Phi) is 17.8. The Hall–Kier alpha value is -6.72. The van der Waals surface area contributed by atoms with Gasteiger partial charge in [0.05, 0.1) is 52.6 Å². The van der Waals surface area contributed by atoms with Crippen molar-refractivity contribution in [3.8, 4) is 23.0 Å². The summed E-state index contributed by atoms with van der Waals surface area (Å²) in [4.78, 5) is 16.1. The van der Waals surface area contributed by atoms with Crippen LogP contribution in [0.15, 0.2) is 169 Å². The number of hydrogen-bond donors (Lipinski definition) is 4. The summed E-state index contributed by atoms with van der Waals surface area (Å²) in [5.74, 6) is -1.71. The van der Waals surface area contributed by atoms with Gasteiger partial charge in [0.2, 0.25) is 0 Å². The first-order valence-electron chi connectivity index (χ1n) is 20.9. The number of halogens is 2. The van der Waals surface area contributed by atoms with Crippen molar-refractivity contribution in [3.63, 3.8) is 0 Å². The molecule has 1 amide bonds. The number of fused-ring (bicyclic) bond motifs is 2. The predicted octanol–water partition coefficient (Wildman–Crippen LogP) is 11.0. The molecule has 8 aromatic rings. The first-order valence-corrected chi connectivity index (χ1v) is 24.5. The molecule has 23 heteroatoms. The van der Waals surface area contributed by atoms with Crippen LogP contribution in [-0.2, 0) is 20.2 Å². The number of carbonyl (C=O) groups excluding carboxylic acids is 1. The van der Waals surface area contributed by atoms with Crippen LogP contribution in [-0.4, -0.2) is 94.8 Å². The molecule has 0 saturated heterocycles. The maximum absolute atomic E-state index is 13.3. The minimum absolute atomic E-state index is 0. The van der Waals surface area contributed by atoms with Crippen molar-refractivity contribution in [1.82, 2.24) is 0 Å². The van der Waals surface area contributed by atoms with Crippen molar-refractivity contribution < 1.29 is 55.5 Å². The topological polar surface area (TPSA) is 284 Å². The van der Waals surface area contributed by atoms with Crippen molar-refractivity contribution in [2.24, 2.45) is 25.4 Å². The molecule has 0 unspecified atom stereocenters. The molecular formula is C50H38CaCl2N6O12S2. The van der Waals surface area contributed by atoms with Crippen LogP contribution in [0.25, 0.3) is 21.5 Å². The number of aromatic hydroxyl groups is 1. The van der Waals surface area contributed by atoms with Gasteiger partial charge in [0.1, 0.15) is 32.7 Å². The zero-order chi connectivity index (χ0) is 52.1. The molecule has 73 heavy (non-hydrogen) atoms. The summed E-state index contributed by atoms with van der Waals surface area (Å²) in [5.41, 5.74) is 1.03. The fraction of sp³-hybridized carbons (Fsp3) is 0.0800. The first-order chi connectivity index (χ1) is 34.2. The van der Waals surface area contributed by atoms with Gasteiger partial charge in [-0.2, -0.15) is 32.2 Å². The van der Waals surface area contributed by atoms with Gasteiger partial charge in [-0.15, -0.1) is 5.11 Å². The normalized spacial score (nSPS) is 11.9. The third-order valence-corrected chi connectivity index (χ3v) is 13.6. The van der Waals surface area contributed by atoms with E-state index in [2.05, 4.69) is 30.8 Å². The number of phenolic OH excluding ortho intramolecular Hbond substituents is 1. The number of nitrogens with zero attached hydrogens (tertiary/aromatic N) is 5. The maximum Gasteiger partial charge on any atom is 2.00 e. The molecule has 0 aliphatic heterocycles. The van der Waals surface area contributed by atoms with E-state index in [0.717, 1.165) is 12.1 Å². The Morgan fingerprint density at radius 2 is 1.07 bits per heavy atom. The van der Waals surface area contributed by atoms with E-state index in [0.29, 0.717) is 49.9 Å². The summed E-state index contributed by atoms with van der Waals surface area (Å²) in [7, 11) is -6.31. The van der Waals surface area contributed by atoms with E-state index in [1.807, 2.05) is 0 Å². The molecule has 4 N–H and O–H groups in total. The van der Waals surface area contributed by atoms with E-state index in [9.17, 15) is 46.1 Å². The van der Waals surface area contributed by atoms with Crippen LogP contribution in [0.2, 0.25) is 10.0 Å². The number of benzene rings is 8. The second-order valence-electron chi connectivity index (χ2n) is 15.4. The largest absolute Gasteiger partial charge is 2.00 e. The number of aliphatic imine (C=N–C) groups is 1. The van der Waals surface area contributed by atoms with Crippen molar-refractivity contribution in [2.75, 3.05) is 19.5 Å². The molecular weight excluding hydrogens is 1050 g/mol. The van der Waals surface area contributed by atoms with Gasteiger partial charge >= 0.3 is 37.7 Å². The second kappa shape index (κ2) is 23.4. The first kappa shape index (κ1) is 55.6. The summed E-state index contributed by atoms with van der Waals surface area (Å²) in [6.07, 6.45) is 0. The molecule has 0 aliphatic carbocycles. The fourth-order valence-electron chi connectivity index (χ4n) is 7.13. The van der Waals surface area contributed by atoms with Gasteiger partial charge in [-0.05, 0) is 108 Å². The fourth-order valence-corrected chi connectivity index (χ4v) is 9.25. The number of carbonyl (C=O) groups is 1. The number of aryl methyl sites for hydroxylation is 2. The summed E-state index contributed by atoms with van der Waals surface area (Å²) < 4.78 is 76.1. The van der Waals surface area contributed by atoms with Gasteiger partial charge in [0, 0.05) is 10.8 Å². The zero-order valence-electron chi connectivity index (χ0n) is 38.7. The van der Waals surface area contributed by atoms with Gasteiger partial charge < -0.3 is 30.1 Å². The van der Waals surface area contributed by atoms with Crippen LogP contribution >= 0.6 is 23.2 Å². The smallest absolute Gasteiger partial charge is 0.871 e. The van der Waals surface area contributed by atoms with Crippen LogP contribution in [0.4, 0.5) is 34.1 Å². The maximum atomic E-state index is 13.3. The van der Waals surface area contributed by atoms with Crippen LogP contribution < -0.4 is 25.0 Å². The molecule has 18 nitrogen and oxygen atoms in total. The number of phenols is 1. The van der Waals surface area contributed by atoms with Gasteiger partial charge in [-0.1, -0.05) is 102 Å². The van der Waals surface area contributed by atoms with Crippen molar-refractivity contribution in [2.45, 2.75) is 23.6 Å². The average Bonchev–Trinajstić information content (AvgIpc) is 3.34. The summed E-state index contributed by atoms with van der Waals surface area (Å²) >= 11 is 12.0. The molecule has 0 heterocycles. The monoisotopic (exact) mass is 1090 g/mol. The standard InChI is InChI=1S/2C25H20ClN3O6S.Ca/c2*1-14-11-16(13-21(22(14)26)36(32,33)34)28-29-23-17-8-4-3-7-15(17)12-18(24(23)30)25(31)27-19-9-5-6-10-20(19)35-2;/h2*3-13,30H,1-2H3,(H,27,31)(H,32,33,34);/q;;+2/p-2. The molecule has 0 aliphatic rings. The molecule has 0 saturated carbocycles. The number of hydrogen-bond acceptors (Lipinski definition) is 15. The SMILES string of the molecule is COc1ccccc1N=C([O-])c1cc2ccccc2c(N=Nc2cc(C)c(Cl)c(S(=O)(=O)O)c2)c1[O-].COc1ccccc1NC(=O)c1cc2ccccc2c(N=Nc2cc(C)c(Cl)c(S(=O)(=O)O)c2)c1O.[Ca+2]. The third-order valence-electron chi connectivity index (χ3n) is 10.6. The summed E-state index contributed by atoms with van der Waals surface area (Å²) in [6.45, 7) is 3.08. The molecule has 0 radical (unpaired) electrons. The second-order valence-corrected chi connectivity index (χ2v) is 18.9. The predicted molar refractivity (Wildman–Crippen MR) is 275 cm³/mol. The number of ether oxygens (including phenoxy) is 2. The van der Waals surface area contributed by atoms with E-state index in [4.69, 9.17) is 32.7 Å². The van der Waals surface area contributed by atoms with E-state index >= 15 is 0 Å². The number of rotatable bonds is 12. The van der Waals surface area contributed by atoms with Crippen LogP contribution in [0.1, 0.15) is 27.0 Å². The number of para-hydroxylation sites is 4. The van der Waals surface area contributed by atoms with Crippen molar-refractivity contribution in [1.29, 1.82) is 0 Å². The third kappa shape index (κ3) is 12.7. The molecule has 8 aromatic carbocycles. The minimum atomic E-state index is -4.62. The molecule has 0 bridgehead atoms. The molecule has 0 fully saturated rings. The Bertz CT molecular complexity index is 3790. The van der Waals surface area contributed by atoms with Crippen LogP contribution in [0.5, 0.6) is 23.0 Å². The van der Waals surface area contributed by atoms with Gasteiger partial charge in [0.15, 0.2) is 5.75 Å². The van der Waals surface area contributed by atoms with Crippen molar-refractivity contribution in [3.05, 3.63) is 166 Å². The Balaban J connectivity index is 0.000000235. The number of azo groups is 2. The average molecular weight is 1090 g/mol. The van der Waals surface area contributed by atoms with Gasteiger partial charge in [0.25, 0.3) is 26.1 Å². The van der Waals surface area contributed by atoms with Crippen molar-refractivity contribution >= 4 is 149 Å². The molecule has 0 atom stereocenters. The van der Waals surface area contributed by atoms with E-state index in [-0.39, 0.29) is 87.3 Å². The number of anilines is 1. The van der Waals surface area contributed by atoms with Gasteiger partial charge in [-0.3, -0.25) is 18.9 Å². The number of amides is 1. The van der Waals surface area contributed by atoms with E-state index < -0.39 is 53.3 Å². The Labute approximate surface area is 457 Å². The Morgan fingerprint density at radius 1 is 0.616 bits per heavy atom. The molecule has 0 spiro atoms. The van der Waals surface area contributed by atoms with Crippen LogP contribution in [0, 0.1) is 13.8 Å². The van der Waals surface area contributed by atoms with E-state index in [1.54, 1.807) is 104 Å². The summed E-state index contributed by atoms with van der Waals surface area (Å²) in [6, 6.07) is 35.2. The molecule has 0 aromatic heterocycles. The summed E-state index contributed by atoms with van der Waals surface area (Å²) in [5, 5.41) is 58.1. The van der Waals surface area contributed by atoms with Crippen LogP contribution in [0.3, 0.4) is 0 Å². The number of methoxy groups -OCH3 is 2. The Morgan fingerprint density at radius 3 is 1.60 bits per heavy atom. The quantitative estimate of drug-likeness (QED) is 0.0292. The van der Waals surface area contributed by atoms with Gasteiger partial charge in [-0.25, -0.2) is 0 Å². The molecule has 8 rings (SSSR count). The van der Waals surface area contributed by atoms with E-state index in [1.165, 1.54) is 45.4 Å².